The Hall–Kier alpha value is -2.50. The summed E-state index contributed by atoms with van der Waals surface area (Å²) in [5, 5.41) is 3.13. The van der Waals surface area contributed by atoms with E-state index in [0.717, 1.165) is 36.8 Å². The van der Waals surface area contributed by atoms with Crippen LogP contribution in [-0.4, -0.2) is 17.6 Å². The molecular weight excluding hydrogens is 326 g/mol. The fourth-order valence-corrected chi connectivity index (χ4v) is 4.24. The maximum atomic E-state index is 13.9. The molecule has 0 radical (unpaired) electrons. The van der Waals surface area contributed by atoms with Crippen LogP contribution in [0.1, 0.15) is 41.3 Å². The predicted octanol–water partition coefficient (Wildman–Crippen LogP) is 3.91. The molecule has 0 aliphatic heterocycles. The summed E-state index contributed by atoms with van der Waals surface area (Å²) in [6.07, 6.45) is 5.08. The van der Waals surface area contributed by atoms with Crippen molar-refractivity contribution in [2.24, 2.45) is 5.92 Å². The number of carbonyl (C=O) groups is 1. The van der Waals surface area contributed by atoms with E-state index in [9.17, 15) is 13.6 Å². The van der Waals surface area contributed by atoms with Crippen molar-refractivity contribution in [3.63, 3.8) is 0 Å². The number of halogens is 2. The molecule has 1 unspecified atom stereocenters. The predicted molar refractivity (Wildman–Crippen MR) is 87.2 cm³/mol. The van der Waals surface area contributed by atoms with Crippen LogP contribution in [0.2, 0.25) is 0 Å². The average molecular weight is 342 g/mol. The van der Waals surface area contributed by atoms with E-state index in [-0.39, 0.29) is 17.5 Å². The number of rotatable bonds is 4. The fraction of sp³-hybridized carbons (Fsp3) is 0.368. The number of esters is 1. The summed E-state index contributed by atoms with van der Waals surface area (Å²) in [5.41, 5.74) is 4.26. The highest BCUT2D eigenvalue weighted by molar-refractivity contribution is 5.92. The number of hydrogen-bond acceptors (Lipinski definition) is 4. The smallest absolute Gasteiger partial charge is 0.339 e. The maximum Gasteiger partial charge on any atom is 0.339 e. The van der Waals surface area contributed by atoms with Crippen molar-refractivity contribution >= 4 is 11.8 Å². The number of pyridine rings is 1. The van der Waals surface area contributed by atoms with Crippen LogP contribution in [0.3, 0.4) is 0 Å². The first kappa shape index (κ1) is 14.8. The van der Waals surface area contributed by atoms with Crippen LogP contribution in [0.4, 0.5) is 14.6 Å². The van der Waals surface area contributed by atoms with Gasteiger partial charge in [-0.3, -0.25) is 0 Å². The van der Waals surface area contributed by atoms with Gasteiger partial charge in [0.05, 0.1) is 17.9 Å². The Balaban J connectivity index is 1.53. The second-order valence-corrected chi connectivity index (χ2v) is 6.71. The molecule has 0 aromatic carbocycles. The van der Waals surface area contributed by atoms with Crippen molar-refractivity contribution in [2.45, 2.75) is 32.6 Å². The zero-order chi connectivity index (χ0) is 17.3. The first-order chi connectivity index (χ1) is 12.1. The van der Waals surface area contributed by atoms with Gasteiger partial charge in [-0.05, 0) is 43.7 Å². The Morgan fingerprint density at radius 3 is 2.60 bits per heavy atom. The van der Waals surface area contributed by atoms with Gasteiger partial charge in [-0.15, -0.1) is 0 Å². The highest BCUT2D eigenvalue weighted by atomic mass is 19.1. The van der Waals surface area contributed by atoms with Crippen molar-refractivity contribution in [1.82, 2.24) is 4.98 Å². The molecule has 0 bridgehead atoms. The molecule has 0 spiro atoms. The van der Waals surface area contributed by atoms with Gasteiger partial charge in [0.2, 0.25) is 0 Å². The third-order valence-electron chi connectivity index (χ3n) is 5.49. The summed E-state index contributed by atoms with van der Waals surface area (Å²) in [6, 6.07) is 0. The minimum absolute atomic E-state index is 0.128. The fourth-order valence-electron chi connectivity index (χ4n) is 4.24. The number of carbonyl (C=O) groups excluding carboxylic acids is 1. The largest absolute Gasteiger partial charge is 0.462 e. The highest BCUT2D eigenvalue weighted by Crippen LogP contribution is 2.68. The molecule has 25 heavy (non-hydrogen) atoms. The minimum atomic E-state index is -0.433. The number of hydrogen-bond donors (Lipinski definition) is 1. The quantitative estimate of drug-likeness (QED) is 0.843. The lowest BCUT2D eigenvalue weighted by Crippen LogP contribution is -2.44. The zero-order valence-electron chi connectivity index (χ0n) is 13.7. The standard InChI is InChI=1S/C19H16F2N2O2/c1-2-25-19(24)10-7-22-18(9-6-4-3-5-8(9)10)23-17-13-11-12(15(13)20)16(21)14(11)17/h7,11H,2-6H2,1H3,(H,22,23). The van der Waals surface area contributed by atoms with Crippen LogP contribution in [0.15, 0.2) is 40.3 Å². The van der Waals surface area contributed by atoms with Crippen molar-refractivity contribution in [3.8, 4) is 0 Å². The molecule has 1 aromatic heterocycles. The molecule has 1 atom stereocenters. The summed E-state index contributed by atoms with van der Waals surface area (Å²) in [4.78, 5) is 16.5. The third kappa shape index (κ3) is 1.74. The zero-order valence-corrected chi connectivity index (χ0v) is 13.7. The molecule has 128 valence electrons. The van der Waals surface area contributed by atoms with E-state index in [0.29, 0.717) is 34.8 Å². The molecule has 4 aliphatic carbocycles. The van der Waals surface area contributed by atoms with Crippen molar-refractivity contribution in [2.75, 3.05) is 11.9 Å². The highest BCUT2D eigenvalue weighted by Gasteiger charge is 2.60. The maximum absolute atomic E-state index is 13.9. The summed E-state index contributed by atoms with van der Waals surface area (Å²) < 4.78 is 32.9. The second-order valence-electron chi connectivity index (χ2n) is 6.71. The van der Waals surface area contributed by atoms with Gasteiger partial charge in [-0.2, -0.15) is 0 Å². The van der Waals surface area contributed by atoms with Gasteiger partial charge < -0.3 is 10.1 Å². The number of nitrogens with zero attached hydrogens (tertiary/aromatic N) is 1. The summed E-state index contributed by atoms with van der Waals surface area (Å²) in [7, 11) is 0. The Bertz CT molecular complexity index is 937. The number of aromatic nitrogens is 1. The molecule has 4 nitrogen and oxygen atoms in total. The summed E-state index contributed by atoms with van der Waals surface area (Å²) in [5.74, 6) is -0.765. The van der Waals surface area contributed by atoms with E-state index in [1.54, 1.807) is 6.92 Å². The van der Waals surface area contributed by atoms with Crippen molar-refractivity contribution < 1.29 is 18.3 Å². The van der Waals surface area contributed by atoms with Crippen LogP contribution in [0.25, 0.3) is 0 Å². The molecular formula is C19H16F2N2O2. The summed E-state index contributed by atoms with van der Waals surface area (Å²) in [6.45, 7) is 2.08. The van der Waals surface area contributed by atoms with Gasteiger partial charge in [-0.25, -0.2) is 18.6 Å². The molecule has 0 saturated carbocycles. The van der Waals surface area contributed by atoms with Gasteiger partial charge in [0.15, 0.2) is 0 Å². The van der Waals surface area contributed by atoms with E-state index in [1.165, 1.54) is 6.20 Å². The van der Waals surface area contributed by atoms with Gasteiger partial charge in [-0.1, -0.05) is 0 Å². The molecule has 1 N–H and O–H groups in total. The van der Waals surface area contributed by atoms with E-state index in [2.05, 4.69) is 10.3 Å². The Morgan fingerprint density at radius 2 is 1.92 bits per heavy atom. The van der Waals surface area contributed by atoms with Crippen LogP contribution in [-0.2, 0) is 17.6 Å². The topological polar surface area (TPSA) is 51.2 Å². The van der Waals surface area contributed by atoms with E-state index in [1.807, 2.05) is 0 Å². The lowest BCUT2D eigenvalue weighted by Gasteiger charge is -2.51. The lowest BCUT2D eigenvalue weighted by molar-refractivity contribution is 0.0524. The number of allylic oxidation sites excluding steroid dienone is 5. The number of nitrogens with one attached hydrogen (secondary N) is 1. The molecule has 5 rings (SSSR count). The van der Waals surface area contributed by atoms with Crippen LogP contribution < -0.4 is 5.32 Å². The van der Waals surface area contributed by atoms with Gasteiger partial charge in [0.1, 0.15) is 17.5 Å². The Labute approximate surface area is 143 Å². The van der Waals surface area contributed by atoms with Crippen LogP contribution in [0, 0.1) is 5.92 Å². The SMILES string of the molecule is CCOC(=O)c1cnc(NC2=C3C(F)=C4C(F)=C2C43)c2c1CCCC2. The number of fused-ring (bicyclic) bond motifs is 1. The number of ether oxygens (including phenoxy) is 1. The monoisotopic (exact) mass is 342 g/mol. The van der Waals surface area contributed by atoms with Gasteiger partial charge in [0, 0.05) is 28.8 Å². The molecule has 6 heteroatoms. The molecule has 0 fully saturated rings. The third-order valence-corrected chi connectivity index (χ3v) is 5.49. The van der Waals surface area contributed by atoms with Crippen LogP contribution in [0.5, 0.6) is 0 Å². The molecule has 1 aromatic rings. The van der Waals surface area contributed by atoms with Gasteiger partial charge >= 0.3 is 5.97 Å². The molecule has 0 saturated heterocycles. The molecule has 0 amide bonds. The molecule has 1 heterocycles. The normalized spacial score (nSPS) is 22.6. The minimum Gasteiger partial charge on any atom is -0.462 e. The first-order valence-corrected chi connectivity index (χ1v) is 8.63. The van der Waals surface area contributed by atoms with Gasteiger partial charge in [0.25, 0.3) is 0 Å². The van der Waals surface area contributed by atoms with E-state index in [4.69, 9.17) is 4.74 Å². The average Bonchev–Trinajstić information content (AvgIpc) is 2.59. The molecule has 4 aliphatic rings. The first-order valence-electron chi connectivity index (χ1n) is 8.63. The summed E-state index contributed by atoms with van der Waals surface area (Å²) >= 11 is 0. The van der Waals surface area contributed by atoms with E-state index >= 15 is 0 Å². The Kier molecular flexibility index (Phi) is 2.96. The Morgan fingerprint density at radius 1 is 1.20 bits per heavy atom. The van der Waals surface area contributed by atoms with E-state index < -0.39 is 11.7 Å². The lowest BCUT2D eigenvalue weighted by atomic mass is 9.54. The van der Waals surface area contributed by atoms with Crippen molar-refractivity contribution in [3.05, 3.63) is 57.0 Å². The number of anilines is 1. The van der Waals surface area contributed by atoms with Crippen LogP contribution >= 0.6 is 0 Å². The second kappa shape index (κ2) is 5.00. The van der Waals surface area contributed by atoms with Crippen molar-refractivity contribution in [1.29, 1.82) is 0 Å².